The molecule has 0 saturated heterocycles. The minimum Gasteiger partial charge on any atom is -0.507 e. The number of carboxylic acids is 1. The highest BCUT2D eigenvalue weighted by Crippen LogP contribution is 2.35. The Morgan fingerprint density at radius 2 is 1.32 bits per heavy atom. The van der Waals surface area contributed by atoms with Crippen LogP contribution in [-0.2, 0) is 0 Å². The van der Waals surface area contributed by atoms with Gasteiger partial charge in [0, 0.05) is 5.56 Å². The number of phenols is 2. The standard InChI is InChI=1S/C19H20O6/c1-8-6-9(2)15(16(20)11(8)4)19(24)25-13-7-10(3)14(18(22)23)17(21)12(13)5/h6-7,20-21H,1-5H3,(H,22,23). The fraction of sp³-hybridized carbons (Fsp3) is 0.263. The highest BCUT2D eigenvalue weighted by Gasteiger charge is 2.23. The number of aromatic carboxylic acids is 1. The van der Waals surface area contributed by atoms with Crippen molar-refractivity contribution in [1.82, 2.24) is 0 Å². The number of aryl methyl sites for hydroxylation is 3. The van der Waals surface area contributed by atoms with Crippen molar-refractivity contribution in [2.75, 3.05) is 0 Å². The third-order valence-corrected chi connectivity index (χ3v) is 4.34. The minimum atomic E-state index is -1.27. The molecule has 132 valence electrons. The molecule has 2 aromatic rings. The molecule has 0 aliphatic rings. The smallest absolute Gasteiger partial charge is 0.347 e. The van der Waals surface area contributed by atoms with Crippen LogP contribution in [0, 0.1) is 34.6 Å². The Kier molecular flexibility index (Phi) is 4.74. The first-order chi connectivity index (χ1) is 11.6. The number of ether oxygens (including phenoxy) is 1. The number of carbonyl (C=O) groups excluding carboxylic acids is 1. The maximum Gasteiger partial charge on any atom is 0.347 e. The van der Waals surface area contributed by atoms with Crippen LogP contribution < -0.4 is 4.74 Å². The molecule has 0 aliphatic carbocycles. The quantitative estimate of drug-likeness (QED) is 0.581. The highest BCUT2D eigenvalue weighted by molar-refractivity contribution is 5.97. The van der Waals surface area contributed by atoms with Gasteiger partial charge in [-0.1, -0.05) is 6.07 Å². The number of benzene rings is 2. The summed E-state index contributed by atoms with van der Waals surface area (Å²) in [5, 5.41) is 29.5. The highest BCUT2D eigenvalue weighted by atomic mass is 16.5. The van der Waals surface area contributed by atoms with Gasteiger partial charge in [-0.05, 0) is 62.9 Å². The molecule has 0 amide bonds. The first kappa shape index (κ1) is 18.3. The third kappa shape index (κ3) is 3.15. The zero-order valence-corrected chi connectivity index (χ0v) is 14.7. The second kappa shape index (κ2) is 6.47. The van der Waals surface area contributed by atoms with Gasteiger partial charge in [-0.3, -0.25) is 0 Å². The van der Waals surface area contributed by atoms with Crippen molar-refractivity contribution in [2.24, 2.45) is 0 Å². The van der Waals surface area contributed by atoms with E-state index in [-0.39, 0.29) is 33.8 Å². The molecule has 25 heavy (non-hydrogen) atoms. The maximum atomic E-state index is 12.5. The van der Waals surface area contributed by atoms with Crippen LogP contribution in [0.2, 0.25) is 0 Å². The monoisotopic (exact) mass is 344 g/mol. The summed E-state index contributed by atoms with van der Waals surface area (Å²) in [6.45, 7) is 8.17. The van der Waals surface area contributed by atoms with Gasteiger partial charge < -0.3 is 20.1 Å². The predicted octanol–water partition coefficient (Wildman–Crippen LogP) is 3.56. The van der Waals surface area contributed by atoms with E-state index in [1.165, 1.54) is 19.9 Å². The van der Waals surface area contributed by atoms with Crippen molar-refractivity contribution in [3.63, 3.8) is 0 Å². The molecule has 2 aromatic carbocycles. The third-order valence-electron chi connectivity index (χ3n) is 4.34. The Morgan fingerprint density at radius 3 is 1.88 bits per heavy atom. The van der Waals surface area contributed by atoms with Gasteiger partial charge in [-0.25, -0.2) is 9.59 Å². The Labute approximate surface area is 145 Å². The van der Waals surface area contributed by atoms with Gasteiger partial charge in [0.1, 0.15) is 28.4 Å². The second-order valence-corrected chi connectivity index (χ2v) is 6.09. The van der Waals surface area contributed by atoms with Crippen LogP contribution in [0.3, 0.4) is 0 Å². The molecule has 0 heterocycles. The summed E-state index contributed by atoms with van der Waals surface area (Å²) in [4.78, 5) is 23.7. The van der Waals surface area contributed by atoms with Gasteiger partial charge in [-0.2, -0.15) is 0 Å². The van der Waals surface area contributed by atoms with E-state index in [9.17, 15) is 19.8 Å². The van der Waals surface area contributed by atoms with Crippen molar-refractivity contribution in [1.29, 1.82) is 0 Å². The van der Waals surface area contributed by atoms with Gasteiger partial charge in [-0.15, -0.1) is 0 Å². The average Bonchev–Trinajstić information content (AvgIpc) is 2.49. The van der Waals surface area contributed by atoms with Crippen molar-refractivity contribution < 1.29 is 29.6 Å². The zero-order chi connectivity index (χ0) is 19.0. The molecule has 0 aromatic heterocycles. The maximum absolute atomic E-state index is 12.5. The number of carbonyl (C=O) groups is 2. The Bertz CT molecular complexity index is 896. The molecule has 0 fully saturated rings. The molecule has 0 radical (unpaired) electrons. The van der Waals surface area contributed by atoms with Crippen LogP contribution in [0.15, 0.2) is 12.1 Å². The summed E-state index contributed by atoms with van der Waals surface area (Å²) >= 11 is 0. The van der Waals surface area contributed by atoms with Gasteiger partial charge in [0.2, 0.25) is 0 Å². The summed E-state index contributed by atoms with van der Waals surface area (Å²) in [6.07, 6.45) is 0. The first-order valence-corrected chi connectivity index (χ1v) is 7.64. The molecule has 6 heteroatoms. The number of aromatic hydroxyl groups is 2. The van der Waals surface area contributed by atoms with E-state index in [0.717, 1.165) is 5.56 Å². The molecule has 0 aliphatic heterocycles. The van der Waals surface area contributed by atoms with Crippen LogP contribution >= 0.6 is 0 Å². The number of hydrogen-bond donors (Lipinski definition) is 3. The van der Waals surface area contributed by atoms with Gasteiger partial charge in [0.05, 0.1) is 0 Å². The molecule has 0 atom stereocenters. The Morgan fingerprint density at radius 1 is 0.800 bits per heavy atom. The van der Waals surface area contributed by atoms with Gasteiger partial charge in [0.25, 0.3) is 0 Å². The fourth-order valence-electron chi connectivity index (χ4n) is 2.72. The summed E-state index contributed by atoms with van der Waals surface area (Å²) in [6, 6.07) is 3.15. The van der Waals surface area contributed by atoms with Crippen LogP contribution in [0.1, 0.15) is 48.5 Å². The van der Waals surface area contributed by atoms with E-state index >= 15 is 0 Å². The summed E-state index contributed by atoms with van der Waals surface area (Å²) in [5.41, 5.74) is 2.20. The van der Waals surface area contributed by atoms with Crippen molar-refractivity contribution in [3.05, 3.63) is 51.1 Å². The van der Waals surface area contributed by atoms with E-state index in [1.807, 2.05) is 6.92 Å². The van der Waals surface area contributed by atoms with Crippen LogP contribution in [0.25, 0.3) is 0 Å². The number of phenolic OH excluding ortho intramolecular Hbond substituents is 1. The lowest BCUT2D eigenvalue weighted by Gasteiger charge is -2.15. The fourth-order valence-corrected chi connectivity index (χ4v) is 2.72. The van der Waals surface area contributed by atoms with E-state index in [0.29, 0.717) is 11.1 Å². The molecule has 0 spiro atoms. The molecule has 0 unspecified atom stereocenters. The Balaban J connectivity index is 2.50. The van der Waals surface area contributed by atoms with Crippen LogP contribution in [0.4, 0.5) is 0 Å². The lowest BCUT2D eigenvalue weighted by molar-refractivity contribution is 0.0692. The van der Waals surface area contributed by atoms with Gasteiger partial charge >= 0.3 is 11.9 Å². The zero-order valence-electron chi connectivity index (χ0n) is 14.7. The van der Waals surface area contributed by atoms with Crippen LogP contribution in [-0.4, -0.2) is 27.3 Å². The summed E-state index contributed by atoms with van der Waals surface area (Å²) in [5.74, 6) is -2.59. The minimum absolute atomic E-state index is 0.0435. The summed E-state index contributed by atoms with van der Waals surface area (Å²) < 4.78 is 5.33. The predicted molar refractivity (Wildman–Crippen MR) is 91.8 cm³/mol. The van der Waals surface area contributed by atoms with Crippen molar-refractivity contribution in [3.8, 4) is 17.2 Å². The normalized spacial score (nSPS) is 10.6. The molecule has 0 saturated carbocycles. The molecule has 0 bridgehead atoms. The van der Waals surface area contributed by atoms with Gasteiger partial charge in [0.15, 0.2) is 0 Å². The molecular weight excluding hydrogens is 324 g/mol. The topological polar surface area (TPSA) is 104 Å². The van der Waals surface area contributed by atoms with E-state index in [2.05, 4.69) is 0 Å². The SMILES string of the molecule is Cc1cc(C)c(C(=O)Oc2cc(C)c(C(=O)O)c(O)c2C)c(O)c1C. The number of carboxylic acid groups (broad SMARTS) is 1. The number of esters is 1. The molecule has 3 N–H and O–H groups in total. The number of rotatable bonds is 3. The van der Waals surface area contributed by atoms with Crippen LogP contribution in [0.5, 0.6) is 17.2 Å². The largest absolute Gasteiger partial charge is 0.507 e. The molecule has 6 nitrogen and oxygen atoms in total. The summed E-state index contributed by atoms with van der Waals surface area (Å²) in [7, 11) is 0. The average molecular weight is 344 g/mol. The second-order valence-electron chi connectivity index (χ2n) is 6.09. The molecular formula is C19H20O6. The lowest BCUT2D eigenvalue weighted by Crippen LogP contribution is -2.13. The van der Waals surface area contributed by atoms with Crippen molar-refractivity contribution >= 4 is 11.9 Å². The first-order valence-electron chi connectivity index (χ1n) is 7.64. The molecule has 2 rings (SSSR count). The number of hydrogen-bond acceptors (Lipinski definition) is 5. The Hall–Kier alpha value is -3.02. The lowest BCUT2D eigenvalue weighted by atomic mass is 9.99. The van der Waals surface area contributed by atoms with E-state index in [1.54, 1.807) is 19.9 Å². The van der Waals surface area contributed by atoms with Crippen molar-refractivity contribution in [2.45, 2.75) is 34.6 Å². The van der Waals surface area contributed by atoms with E-state index in [4.69, 9.17) is 9.84 Å². The van der Waals surface area contributed by atoms with E-state index < -0.39 is 17.7 Å².